The van der Waals surface area contributed by atoms with Gasteiger partial charge in [0.1, 0.15) is 0 Å². The number of hydrogen-bond donors (Lipinski definition) is 1. The number of aryl methyl sites for hydroxylation is 2. The summed E-state index contributed by atoms with van der Waals surface area (Å²) in [5, 5.41) is 3.39. The van der Waals surface area contributed by atoms with Crippen molar-refractivity contribution in [3.63, 3.8) is 0 Å². The van der Waals surface area contributed by atoms with Crippen molar-refractivity contribution < 1.29 is 9.47 Å². The van der Waals surface area contributed by atoms with E-state index < -0.39 is 0 Å². The number of nitrogens with one attached hydrogen (secondary N) is 1. The quantitative estimate of drug-likeness (QED) is 0.721. The summed E-state index contributed by atoms with van der Waals surface area (Å²) in [7, 11) is 0. The third kappa shape index (κ3) is 5.17. The highest BCUT2D eigenvalue weighted by Gasteiger charge is 2.07. The zero-order valence-corrected chi connectivity index (χ0v) is 12.0. The molecule has 0 unspecified atom stereocenters. The van der Waals surface area contributed by atoms with Crippen molar-refractivity contribution in [1.82, 2.24) is 5.32 Å². The van der Waals surface area contributed by atoms with E-state index in [4.69, 9.17) is 9.47 Å². The molecule has 3 nitrogen and oxygen atoms in total. The Bertz CT molecular complexity index is 346. The molecule has 1 N–H and O–H groups in total. The van der Waals surface area contributed by atoms with E-state index in [0.29, 0.717) is 13.2 Å². The molecule has 1 aromatic rings. The van der Waals surface area contributed by atoms with E-state index >= 15 is 0 Å². The minimum atomic E-state index is -0.148. The average Bonchev–Trinajstić information content (AvgIpc) is 2.34. The van der Waals surface area contributed by atoms with Gasteiger partial charge in [-0.1, -0.05) is 23.8 Å². The fraction of sp³-hybridized carbons (Fsp3) is 0.600. The largest absolute Gasteiger partial charge is 0.352 e. The average molecular weight is 251 g/mol. The van der Waals surface area contributed by atoms with Gasteiger partial charge in [0, 0.05) is 26.3 Å². The summed E-state index contributed by atoms with van der Waals surface area (Å²) >= 11 is 0. The minimum absolute atomic E-state index is 0.148. The Kier molecular flexibility index (Phi) is 6.94. The lowest BCUT2D eigenvalue weighted by atomic mass is 10.1. The Morgan fingerprint density at radius 1 is 1.11 bits per heavy atom. The molecule has 0 aliphatic heterocycles. The van der Waals surface area contributed by atoms with Gasteiger partial charge in [0.05, 0.1) is 0 Å². The highest BCUT2D eigenvalue weighted by atomic mass is 16.7. The van der Waals surface area contributed by atoms with Crippen molar-refractivity contribution in [1.29, 1.82) is 0 Å². The maximum Gasteiger partial charge on any atom is 0.169 e. The first-order valence-electron chi connectivity index (χ1n) is 6.67. The Balaban J connectivity index is 2.41. The molecule has 102 valence electrons. The lowest BCUT2D eigenvalue weighted by Crippen LogP contribution is -2.31. The maximum atomic E-state index is 5.49. The van der Waals surface area contributed by atoms with Crippen molar-refractivity contribution in [2.24, 2.45) is 0 Å². The standard InChI is InChI=1S/C15H25NO2/c1-5-17-15(18-6-2)11-16-10-14-9-12(3)7-8-13(14)4/h7-9,15-16H,5-6,10-11H2,1-4H3. The van der Waals surface area contributed by atoms with Gasteiger partial charge in [-0.05, 0) is 38.8 Å². The van der Waals surface area contributed by atoms with Crippen LogP contribution in [0.5, 0.6) is 0 Å². The molecule has 3 heteroatoms. The second-order valence-corrected chi connectivity index (χ2v) is 4.40. The molecule has 0 spiro atoms. The van der Waals surface area contributed by atoms with Gasteiger partial charge in [0.25, 0.3) is 0 Å². The topological polar surface area (TPSA) is 30.5 Å². The van der Waals surface area contributed by atoms with Crippen molar-refractivity contribution in [2.45, 2.75) is 40.5 Å². The minimum Gasteiger partial charge on any atom is -0.352 e. The predicted octanol–water partition coefficient (Wildman–Crippen LogP) is 2.79. The monoisotopic (exact) mass is 251 g/mol. The predicted molar refractivity (Wildman–Crippen MR) is 74.7 cm³/mol. The molecule has 0 saturated carbocycles. The summed E-state index contributed by atoms with van der Waals surface area (Å²) in [6.45, 7) is 11.1. The van der Waals surface area contributed by atoms with Crippen LogP contribution in [0.15, 0.2) is 18.2 Å². The summed E-state index contributed by atoms with van der Waals surface area (Å²) in [4.78, 5) is 0. The van der Waals surface area contributed by atoms with Crippen LogP contribution in [0.2, 0.25) is 0 Å². The number of ether oxygens (including phenoxy) is 2. The van der Waals surface area contributed by atoms with Crippen molar-refractivity contribution in [3.8, 4) is 0 Å². The number of hydrogen-bond acceptors (Lipinski definition) is 3. The third-order valence-electron chi connectivity index (χ3n) is 2.84. The normalized spacial score (nSPS) is 11.2. The van der Waals surface area contributed by atoms with E-state index in [2.05, 4.69) is 37.4 Å². The van der Waals surface area contributed by atoms with Crippen LogP contribution in [0.3, 0.4) is 0 Å². The van der Waals surface area contributed by atoms with E-state index in [0.717, 1.165) is 13.1 Å². The fourth-order valence-electron chi connectivity index (χ4n) is 1.85. The molecule has 0 fully saturated rings. The third-order valence-corrected chi connectivity index (χ3v) is 2.84. The summed E-state index contributed by atoms with van der Waals surface area (Å²) in [5.74, 6) is 0. The van der Waals surface area contributed by atoms with Gasteiger partial charge in [-0.25, -0.2) is 0 Å². The smallest absolute Gasteiger partial charge is 0.169 e. The molecule has 0 radical (unpaired) electrons. The SMILES string of the molecule is CCOC(CNCc1cc(C)ccc1C)OCC. The molecule has 1 rings (SSSR count). The summed E-state index contributed by atoms with van der Waals surface area (Å²) < 4.78 is 11.0. The summed E-state index contributed by atoms with van der Waals surface area (Å²) in [6.07, 6.45) is -0.148. The van der Waals surface area contributed by atoms with Crippen LogP contribution in [0.1, 0.15) is 30.5 Å². The Morgan fingerprint density at radius 2 is 1.78 bits per heavy atom. The Hall–Kier alpha value is -0.900. The van der Waals surface area contributed by atoms with Crippen LogP contribution in [-0.4, -0.2) is 26.0 Å². The highest BCUT2D eigenvalue weighted by Crippen LogP contribution is 2.10. The van der Waals surface area contributed by atoms with Crippen LogP contribution in [0.4, 0.5) is 0 Å². The molecule has 0 atom stereocenters. The van der Waals surface area contributed by atoms with Crippen LogP contribution in [0.25, 0.3) is 0 Å². The molecule has 0 aliphatic carbocycles. The number of rotatable bonds is 8. The first kappa shape index (κ1) is 15.2. The van der Waals surface area contributed by atoms with E-state index in [1.165, 1.54) is 16.7 Å². The second-order valence-electron chi connectivity index (χ2n) is 4.40. The maximum absolute atomic E-state index is 5.49. The molecular weight excluding hydrogens is 226 g/mol. The second kappa shape index (κ2) is 8.25. The molecule has 0 amide bonds. The van der Waals surface area contributed by atoms with Gasteiger partial charge in [-0.2, -0.15) is 0 Å². The van der Waals surface area contributed by atoms with E-state index in [1.54, 1.807) is 0 Å². The van der Waals surface area contributed by atoms with E-state index in [9.17, 15) is 0 Å². The molecule has 18 heavy (non-hydrogen) atoms. The van der Waals surface area contributed by atoms with Gasteiger partial charge in [0.2, 0.25) is 0 Å². The van der Waals surface area contributed by atoms with Crippen molar-refractivity contribution >= 4 is 0 Å². The zero-order chi connectivity index (χ0) is 13.4. The van der Waals surface area contributed by atoms with Gasteiger partial charge in [-0.15, -0.1) is 0 Å². The van der Waals surface area contributed by atoms with Crippen molar-refractivity contribution in [2.75, 3.05) is 19.8 Å². The Morgan fingerprint density at radius 3 is 2.39 bits per heavy atom. The van der Waals surface area contributed by atoms with Gasteiger partial charge < -0.3 is 14.8 Å². The van der Waals surface area contributed by atoms with E-state index in [1.807, 2.05) is 13.8 Å². The van der Waals surface area contributed by atoms with Gasteiger partial charge in [-0.3, -0.25) is 0 Å². The van der Waals surface area contributed by atoms with Crippen LogP contribution < -0.4 is 5.32 Å². The van der Waals surface area contributed by atoms with Gasteiger partial charge in [0.15, 0.2) is 6.29 Å². The van der Waals surface area contributed by atoms with Crippen LogP contribution >= 0.6 is 0 Å². The fourth-order valence-corrected chi connectivity index (χ4v) is 1.85. The van der Waals surface area contributed by atoms with Crippen molar-refractivity contribution in [3.05, 3.63) is 34.9 Å². The molecule has 0 heterocycles. The van der Waals surface area contributed by atoms with E-state index in [-0.39, 0.29) is 6.29 Å². The highest BCUT2D eigenvalue weighted by molar-refractivity contribution is 5.30. The molecule has 0 aliphatic rings. The van der Waals surface area contributed by atoms with Crippen LogP contribution in [0, 0.1) is 13.8 Å². The molecule has 0 bridgehead atoms. The first-order chi connectivity index (χ1) is 8.67. The van der Waals surface area contributed by atoms with Crippen LogP contribution in [-0.2, 0) is 16.0 Å². The lowest BCUT2D eigenvalue weighted by Gasteiger charge is -2.18. The van der Waals surface area contributed by atoms with Gasteiger partial charge >= 0.3 is 0 Å². The summed E-state index contributed by atoms with van der Waals surface area (Å²) in [5.41, 5.74) is 3.95. The number of benzene rings is 1. The lowest BCUT2D eigenvalue weighted by molar-refractivity contribution is -0.133. The molecule has 0 saturated heterocycles. The molecular formula is C15H25NO2. The molecule has 0 aromatic heterocycles. The first-order valence-corrected chi connectivity index (χ1v) is 6.67. The Labute approximate surface area is 110 Å². The zero-order valence-electron chi connectivity index (χ0n) is 12.0. The molecule has 1 aromatic carbocycles. The summed E-state index contributed by atoms with van der Waals surface area (Å²) in [6, 6.07) is 6.52.